The van der Waals surface area contributed by atoms with E-state index in [0.29, 0.717) is 23.7 Å². The Morgan fingerprint density at radius 2 is 1.65 bits per heavy atom. The zero-order chi connectivity index (χ0) is 21.5. The van der Waals surface area contributed by atoms with Crippen LogP contribution in [-0.2, 0) is 7.05 Å². The van der Waals surface area contributed by atoms with Gasteiger partial charge in [-0.15, -0.1) is 0 Å². The molecule has 5 rings (SSSR count). The second kappa shape index (κ2) is 7.93. The number of methoxy groups -OCH3 is 2. The molecule has 0 radical (unpaired) electrons. The highest BCUT2D eigenvalue weighted by Crippen LogP contribution is 2.46. The van der Waals surface area contributed by atoms with E-state index in [2.05, 4.69) is 9.47 Å². The standard InChI is InChI=1S/C25H28N2O4/c1-26-20-8-7-16(31-12-11-27-9-5-4-6-10-27)13-19(20)23-24(26)17-14-21(29-2)22(30-3)15-18(17)25(23)28/h7-8,13-15H,4-6,9-12H2,1-3H3. The largest absolute Gasteiger partial charge is 0.493 e. The van der Waals surface area contributed by atoms with Gasteiger partial charge in [0.15, 0.2) is 17.3 Å². The number of ketones is 1. The maximum atomic E-state index is 13.4. The molecular weight excluding hydrogens is 392 g/mol. The van der Waals surface area contributed by atoms with Crippen LogP contribution >= 0.6 is 0 Å². The van der Waals surface area contributed by atoms with Crippen LogP contribution in [0.15, 0.2) is 30.3 Å². The van der Waals surface area contributed by atoms with Gasteiger partial charge in [0, 0.05) is 35.6 Å². The average molecular weight is 421 g/mol. The number of carbonyl (C=O) groups is 1. The zero-order valence-electron chi connectivity index (χ0n) is 18.4. The fraction of sp³-hybridized carbons (Fsp3) is 0.400. The number of hydrogen-bond acceptors (Lipinski definition) is 5. The minimum absolute atomic E-state index is 0.0158. The molecule has 0 atom stereocenters. The number of piperidine rings is 1. The Labute approximate surface area is 182 Å². The number of hydrogen-bond donors (Lipinski definition) is 0. The maximum absolute atomic E-state index is 13.4. The number of likely N-dealkylation sites (tertiary alicyclic amines) is 1. The Morgan fingerprint density at radius 3 is 2.35 bits per heavy atom. The molecule has 1 saturated heterocycles. The van der Waals surface area contributed by atoms with Crippen LogP contribution in [0, 0.1) is 0 Å². The number of aryl methyl sites for hydroxylation is 1. The fourth-order valence-corrected chi connectivity index (χ4v) is 4.93. The monoisotopic (exact) mass is 420 g/mol. The molecule has 0 N–H and O–H groups in total. The van der Waals surface area contributed by atoms with Crippen molar-refractivity contribution in [3.8, 4) is 28.5 Å². The number of nitrogens with zero attached hydrogens (tertiary/aromatic N) is 2. The zero-order valence-corrected chi connectivity index (χ0v) is 18.4. The summed E-state index contributed by atoms with van der Waals surface area (Å²) in [5, 5.41) is 0.923. The summed E-state index contributed by atoms with van der Waals surface area (Å²) in [5.74, 6) is 2.00. The molecule has 3 aromatic rings. The third-order valence-electron chi connectivity index (χ3n) is 6.55. The van der Waals surface area contributed by atoms with E-state index in [1.54, 1.807) is 20.3 Å². The Morgan fingerprint density at radius 1 is 0.935 bits per heavy atom. The van der Waals surface area contributed by atoms with E-state index in [9.17, 15) is 4.79 Å². The molecule has 0 spiro atoms. The number of aromatic nitrogens is 1. The van der Waals surface area contributed by atoms with Crippen molar-refractivity contribution >= 4 is 16.7 Å². The summed E-state index contributed by atoms with van der Waals surface area (Å²) < 4.78 is 19.0. The molecule has 2 heterocycles. The maximum Gasteiger partial charge on any atom is 0.196 e. The number of ether oxygens (including phenoxy) is 3. The number of benzene rings is 2. The summed E-state index contributed by atoms with van der Waals surface area (Å²) in [7, 11) is 5.19. The van der Waals surface area contributed by atoms with Gasteiger partial charge in [0.25, 0.3) is 0 Å². The van der Waals surface area contributed by atoms with E-state index in [1.807, 2.05) is 31.3 Å². The summed E-state index contributed by atoms with van der Waals surface area (Å²) in [4.78, 5) is 15.8. The molecule has 31 heavy (non-hydrogen) atoms. The molecule has 162 valence electrons. The number of carbonyl (C=O) groups excluding carboxylic acids is 1. The van der Waals surface area contributed by atoms with Gasteiger partial charge in [-0.05, 0) is 56.3 Å². The van der Waals surface area contributed by atoms with E-state index < -0.39 is 0 Å². The highest BCUT2D eigenvalue weighted by molar-refractivity contribution is 6.28. The van der Waals surface area contributed by atoms with Crippen LogP contribution in [0.5, 0.6) is 17.2 Å². The first-order chi connectivity index (χ1) is 15.1. The Balaban J connectivity index is 1.48. The molecule has 1 aromatic heterocycles. The molecule has 0 unspecified atom stereocenters. The first kappa shape index (κ1) is 19.9. The normalized spacial score (nSPS) is 15.8. The van der Waals surface area contributed by atoms with Crippen molar-refractivity contribution in [1.29, 1.82) is 0 Å². The summed E-state index contributed by atoms with van der Waals surface area (Å²) >= 11 is 0. The van der Waals surface area contributed by atoms with Gasteiger partial charge in [-0.3, -0.25) is 9.69 Å². The van der Waals surface area contributed by atoms with E-state index in [-0.39, 0.29) is 5.78 Å². The molecular formula is C25H28N2O4. The average Bonchev–Trinajstić information content (AvgIpc) is 3.25. The van der Waals surface area contributed by atoms with E-state index in [0.717, 1.165) is 53.1 Å². The van der Waals surface area contributed by atoms with Gasteiger partial charge in [-0.1, -0.05) is 6.42 Å². The SMILES string of the molecule is COc1cc2c(cc1OC)-c1c(c3cc(OCCN4CCCCC4)ccc3n1C)C2=O. The van der Waals surface area contributed by atoms with Crippen molar-refractivity contribution in [3.05, 3.63) is 41.5 Å². The van der Waals surface area contributed by atoms with Crippen molar-refractivity contribution in [1.82, 2.24) is 9.47 Å². The van der Waals surface area contributed by atoms with E-state index in [1.165, 1.54) is 19.3 Å². The third-order valence-corrected chi connectivity index (χ3v) is 6.55. The molecule has 1 aliphatic carbocycles. The molecule has 0 amide bonds. The molecule has 0 bridgehead atoms. The predicted octanol–water partition coefficient (Wildman–Crippen LogP) is 4.27. The molecule has 1 fully saturated rings. The van der Waals surface area contributed by atoms with E-state index >= 15 is 0 Å². The lowest BCUT2D eigenvalue weighted by atomic mass is 10.1. The van der Waals surface area contributed by atoms with Crippen LogP contribution in [0.2, 0.25) is 0 Å². The van der Waals surface area contributed by atoms with Gasteiger partial charge in [-0.25, -0.2) is 0 Å². The topological polar surface area (TPSA) is 52.9 Å². The van der Waals surface area contributed by atoms with Crippen LogP contribution in [0.3, 0.4) is 0 Å². The van der Waals surface area contributed by atoms with Gasteiger partial charge in [-0.2, -0.15) is 0 Å². The van der Waals surface area contributed by atoms with Crippen LogP contribution in [0.1, 0.15) is 35.2 Å². The fourth-order valence-electron chi connectivity index (χ4n) is 4.93. The Bertz CT molecular complexity index is 1160. The second-order valence-electron chi connectivity index (χ2n) is 8.29. The summed E-state index contributed by atoms with van der Waals surface area (Å²) in [5.41, 5.74) is 4.19. The van der Waals surface area contributed by atoms with Gasteiger partial charge >= 0.3 is 0 Å². The van der Waals surface area contributed by atoms with Crippen LogP contribution in [0.25, 0.3) is 22.2 Å². The molecule has 1 aliphatic heterocycles. The van der Waals surface area contributed by atoms with Crippen LogP contribution < -0.4 is 14.2 Å². The summed E-state index contributed by atoms with van der Waals surface area (Å²) in [6.07, 6.45) is 3.89. The van der Waals surface area contributed by atoms with Crippen molar-refractivity contribution in [3.63, 3.8) is 0 Å². The number of fused-ring (bicyclic) bond motifs is 5. The van der Waals surface area contributed by atoms with Crippen molar-refractivity contribution < 1.29 is 19.0 Å². The highest BCUT2D eigenvalue weighted by Gasteiger charge is 2.34. The molecule has 2 aromatic carbocycles. The molecule has 6 heteroatoms. The van der Waals surface area contributed by atoms with E-state index in [4.69, 9.17) is 14.2 Å². The van der Waals surface area contributed by atoms with Crippen LogP contribution in [-0.4, -0.2) is 55.7 Å². The third kappa shape index (κ3) is 3.26. The first-order valence-corrected chi connectivity index (χ1v) is 10.9. The predicted molar refractivity (Wildman–Crippen MR) is 121 cm³/mol. The lowest BCUT2D eigenvalue weighted by molar-refractivity contribution is 0.104. The Hall–Kier alpha value is -2.99. The summed E-state index contributed by atoms with van der Waals surface area (Å²) in [6.45, 7) is 3.92. The van der Waals surface area contributed by atoms with Crippen molar-refractivity contribution in [2.75, 3.05) is 40.5 Å². The quantitative estimate of drug-likeness (QED) is 0.466. The number of rotatable bonds is 6. The smallest absolute Gasteiger partial charge is 0.196 e. The lowest BCUT2D eigenvalue weighted by Crippen LogP contribution is -2.33. The molecule has 0 saturated carbocycles. The minimum atomic E-state index is 0.0158. The minimum Gasteiger partial charge on any atom is -0.493 e. The van der Waals surface area contributed by atoms with Gasteiger partial charge < -0.3 is 18.8 Å². The van der Waals surface area contributed by atoms with Crippen molar-refractivity contribution in [2.24, 2.45) is 7.05 Å². The lowest BCUT2D eigenvalue weighted by Gasteiger charge is -2.26. The first-order valence-electron chi connectivity index (χ1n) is 10.9. The van der Waals surface area contributed by atoms with Crippen LogP contribution in [0.4, 0.5) is 0 Å². The van der Waals surface area contributed by atoms with Gasteiger partial charge in [0.05, 0.1) is 25.5 Å². The Kier molecular flexibility index (Phi) is 5.10. The van der Waals surface area contributed by atoms with Crippen molar-refractivity contribution in [2.45, 2.75) is 19.3 Å². The van der Waals surface area contributed by atoms with Gasteiger partial charge in [0.2, 0.25) is 0 Å². The second-order valence-corrected chi connectivity index (χ2v) is 8.29. The summed E-state index contributed by atoms with van der Waals surface area (Å²) in [6, 6.07) is 9.71. The highest BCUT2D eigenvalue weighted by atomic mass is 16.5. The van der Waals surface area contributed by atoms with Gasteiger partial charge in [0.1, 0.15) is 12.4 Å². The molecule has 2 aliphatic rings. The molecule has 6 nitrogen and oxygen atoms in total.